The molecule has 0 atom stereocenters. The summed E-state index contributed by atoms with van der Waals surface area (Å²) in [5.74, 6) is 0.293. The summed E-state index contributed by atoms with van der Waals surface area (Å²) in [5.41, 5.74) is 5.64. The number of nitrogen functional groups attached to an aromatic ring is 1. The largest absolute Gasteiger partial charge is 0.393 e. The van der Waals surface area contributed by atoms with Crippen LogP contribution in [0.25, 0.3) is 0 Å². The van der Waals surface area contributed by atoms with Crippen LogP contribution >= 0.6 is 0 Å². The Morgan fingerprint density at radius 1 is 1.53 bits per heavy atom. The second-order valence-electron chi connectivity index (χ2n) is 4.98. The summed E-state index contributed by atoms with van der Waals surface area (Å²) in [4.78, 5) is 24.1. The van der Waals surface area contributed by atoms with E-state index in [1.807, 2.05) is 0 Å². The number of amides is 1. The number of carbonyl (C=O) groups excluding carboxylic acids is 1. The van der Waals surface area contributed by atoms with Gasteiger partial charge in [0, 0.05) is 19.7 Å². The number of anilines is 1. The van der Waals surface area contributed by atoms with Gasteiger partial charge in [0.15, 0.2) is 0 Å². The van der Waals surface area contributed by atoms with Crippen molar-refractivity contribution in [3.8, 4) is 0 Å². The van der Waals surface area contributed by atoms with E-state index in [-0.39, 0.29) is 22.8 Å². The summed E-state index contributed by atoms with van der Waals surface area (Å²) in [7, 11) is 1.71. The molecule has 0 heterocycles. The first-order chi connectivity index (χ1) is 9.00. The molecule has 6 nitrogen and oxygen atoms in total. The van der Waals surface area contributed by atoms with Gasteiger partial charge in [-0.15, -0.1) is 0 Å². The maximum atomic E-state index is 12.2. The average molecular weight is 263 g/mol. The Bertz CT molecular complexity index is 512. The molecule has 1 saturated carbocycles. The van der Waals surface area contributed by atoms with Gasteiger partial charge < -0.3 is 10.6 Å². The maximum absolute atomic E-state index is 12.2. The highest BCUT2D eigenvalue weighted by Gasteiger charge is 2.25. The Morgan fingerprint density at radius 3 is 2.74 bits per heavy atom. The number of hydrogen-bond acceptors (Lipinski definition) is 4. The van der Waals surface area contributed by atoms with Gasteiger partial charge in [-0.3, -0.25) is 14.9 Å². The van der Waals surface area contributed by atoms with E-state index in [1.165, 1.54) is 24.6 Å². The van der Waals surface area contributed by atoms with Gasteiger partial charge in [-0.05, 0) is 24.8 Å². The van der Waals surface area contributed by atoms with Crippen LogP contribution in [0.5, 0.6) is 0 Å². The number of nitro benzene ring substituents is 1. The number of para-hydroxylation sites is 1. The molecule has 0 unspecified atom stereocenters. The fraction of sp³-hybridized carbons (Fsp3) is 0.462. The quantitative estimate of drug-likeness (QED) is 0.511. The minimum atomic E-state index is -0.571. The zero-order valence-corrected chi connectivity index (χ0v) is 10.8. The predicted molar refractivity (Wildman–Crippen MR) is 71.8 cm³/mol. The van der Waals surface area contributed by atoms with Gasteiger partial charge in [-0.2, -0.15) is 0 Å². The van der Waals surface area contributed by atoms with Crippen molar-refractivity contribution in [1.29, 1.82) is 0 Å². The Balaban J connectivity index is 2.18. The first-order valence-electron chi connectivity index (χ1n) is 6.29. The van der Waals surface area contributed by atoms with Crippen LogP contribution in [0.4, 0.5) is 11.4 Å². The van der Waals surface area contributed by atoms with E-state index >= 15 is 0 Å². The van der Waals surface area contributed by atoms with Gasteiger partial charge in [0.2, 0.25) is 0 Å². The Morgan fingerprint density at radius 2 is 2.21 bits per heavy atom. The summed E-state index contributed by atoms with van der Waals surface area (Å²) in [6, 6.07) is 4.32. The second-order valence-corrected chi connectivity index (χ2v) is 4.98. The van der Waals surface area contributed by atoms with Crippen LogP contribution < -0.4 is 5.73 Å². The molecule has 1 aromatic carbocycles. The molecule has 0 aromatic heterocycles. The van der Waals surface area contributed by atoms with Gasteiger partial charge in [0.05, 0.1) is 10.5 Å². The monoisotopic (exact) mass is 263 g/mol. The van der Waals surface area contributed by atoms with Crippen molar-refractivity contribution in [1.82, 2.24) is 4.90 Å². The summed E-state index contributed by atoms with van der Waals surface area (Å²) >= 11 is 0. The average Bonchev–Trinajstić information content (AvgIpc) is 2.32. The van der Waals surface area contributed by atoms with Crippen molar-refractivity contribution < 1.29 is 9.72 Å². The van der Waals surface area contributed by atoms with Crippen molar-refractivity contribution in [3.63, 3.8) is 0 Å². The zero-order chi connectivity index (χ0) is 14.0. The van der Waals surface area contributed by atoms with Gasteiger partial charge in [0.1, 0.15) is 5.69 Å². The highest BCUT2D eigenvalue weighted by atomic mass is 16.6. The van der Waals surface area contributed by atoms with Gasteiger partial charge in [0.25, 0.3) is 11.6 Å². The molecular formula is C13H17N3O3. The molecule has 102 valence electrons. The highest BCUT2D eigenvalue weighted by Crippen LogP contribution is 2.29. The molecule has 2 N–H and O–H groups in total. The molecular weight excluding hydrogens is 246 g/mol. The lowest BCUT2D eigenvalue weighted by molar-refractivity contribution is -0.383. The van der Waals surface area contributed by atoms with Crippen molar-refractivity contribution in [2.75, 3.05) is 19.3 Å². The summed E-state index contributed by atoms with van der Waals surface area (Å²) in [6.07, 6.45) is 3.50. The first-order valence-corrected chi connectivity index (χ1v) is 6.29. The third kappa shape index (κ3) is 2.67. The second kappa shape index (κ2) is 5.26. The lowest BCUT2D eigenvalue weighted by atomic mass is 9.85. The molecule has 0 bridgehead atoms. The standard InChI is InChI=1S/C13H17N3O3/c1-15(8-9-4-2-5-9)13(17)10-6-3-7-11(12(10)14)16(18)19/h3,6-7,9H,2,4-5,8,14H2,1H3. The number of rotatable bonds is 4. The fourth-order valence-corrected chi connectivity index (χ4v) is 2.25. The van der Waals surface area contributed by atoms with Gasteiger partial charge in [-0.25, -0.2) is 0 Å². The van der Waals surface area contributed by atoms with Crippen LogP contribution in [-0.4, -0.2) is 29.3 Å². The van der Waals surface area contributed by atoms with E-state index in [1.54, 1.807) is 11.9 Å². The molecule has 1 aromatic rings. The van der Waals surface area contributed by atoms with Crippen LogP contribution in [-0.2, 0) is 0 Å². The third-order valence-corrected chi connectivity index (χ3v) is 3.61. The van der Waals surface area contributed by atoms with Crippen LogP contribution in [0.1, 0.15) is 29.6 Å². The van der Waals surface area contributed by atoms with Gasteiger partial charge in [-0.1, -0.05) is 12.5 Å². The predicted octanol–water partition coefficient (Wildman–Crippen LogP) is 2.05. The van der Waals surface area contributed by atoms with E-state index in [2.05, 4.69) is 0 Å². The van der Waals surface area contributed by atoms with E-state index in [0.717, 1.165) is 12.8 Å². The Labute approximate surface area is 111 Å². The molecule has 1 aliphatic carbocycles. The molecule has 19 heavy (non-hydrogen) atoms. The summed E-state index contributed by atoms with van der Waals surface area (Å²) in [5, 5.41) is 10.8. The SMILES string of the molecule is CN(CC1CCC1)C(=O)c1cccc([N+](=O)[O-])c1N. The highest BCUT2D eigenvalue weighted by molar-refractivity contribution is 6.00. The number of nitrogens with two attached hydrogens (primary N) is 1. The molecule has 6 heteroatoms. The lowest BCUT2D eigenvalue weighted by Crippen LogP contribution is -2.34. The number of benzene rings is 1. The number of hydrogen-bond donors (Lipinski definition) is 1. The molecule has 0 saturated heterocycles. The zero-order valence-electron chi connectivity index (χ0n) is 10.8. The summed E-state index contributed by atoms with van der Waals surface area (Å²) in [6.45, 7) is 0.682. The molecule has 0 spiro atoms. The molecule has 2 rings (SSSR count). The Hall–Kier alpha value is -2.11. The van der Waals surface area contributed by atoms with E-state index in [0.29, 0.717) is 12.5 Å². The minimum absolute atomic E-state index is 0.0574. The first kappa shape index (κ1) is 13.3. The van der Waals surface area contributed by atoms with Crippen LogP contribution in [0, 0.1) is 16.0 Å². The molecule has 1 amide bonds. The van der Waals surface area contributed by atoms with Crippen molar-refractivity contribution in [2.45, 2.75) is 19.3 Å². The van der Waals surface area contributed by atoms with Crippen molar-refractivity contribution in [2.24, 2.45) is 5.92 Å². The fourth-order valence-electron chi connectivity index (χ4n) is 2.25. The molecule has 0 radical (unpaired) electrons. The van der Waals surface area contributed by atoms with Crippen LogP contribution in [0.2, 0.25) is 0 Å². The number of carbonyl (C=O) groups is 1. The Kier molecular flexibility index (Phi) is 3.69. The number of nitro groups is 1. The normalized spacial score (nSPS) is 14.8. The number of nitrogens with zero attached hydrogens (tertiary/aromatic N) is 2. The topological polar surface area (TPSA) is 89.5 Å². The molecule has 1 fully saturated rings. The molecule has 1 aliphatic rings. The van der Waals surface area contributed by atoms with E-state index in [9.17, 15) is 14.9 Å². The van der Waals surface area contributed by atoms with Crippen molar-refractivity contribution >= 4 is 17.3 Å². The lowest BCUT2D eigenvalue weighted by Gasteiger charge is -2.30. The van der Waals surface area contributed by atoms with E-state index in [4.69, 9.17) is 5.73 Å². The van der Waals surface area contributed by atoms with E-state index < -0.39 is 4.92 Å². The summed E-state index contributed by atoms with van der Waals surface area (Å²) < 4.78 is 0. The smallest absolute Gasteiger partial charge is 0.292 e. The van der Waals surface area contributed by atoms with Crippen LogP contribution in [0.15, 0.2) is 18.2 Å². The third-order valence-electron chi connectivity index (χ3n) is 3.61. The van der Waals surface area contributed by atoms with Crippen LogP contribution in [0.3, 0.4) is 0 Å². The minimum Gasteiger partial charge on any atom is -0.393 e. The maximum Gasteiger partial charge on any atom is 0.292 e. The van der Waals surface area contributed by atoms with Gasteiger partial charge >= 0.3 is 0 Å². The molecule has 0 aliphatic heterocycles. The van der Waals surface area contributed by atoms with Crippen molar-refractivity contribution in [3.05, 3.63) is 33.9 Å².